The highest BCUT2D eigenvalue weighted by Gasteiger charge is 2.35. The molecule has 0 bridgehead atoms. The highest BCUT2D eigenvalue weighted by molar-refractivity contribution is 6.02. The molecular weight excluding hydrogens is 414 g/mol. The molecule has 0 radical (unpaired) electrons. The average Bonchev–Trinajstić information content (AvgIpc) is 3.42. The summed E-state index contributed by atoms with van der Waals surface area (Å²) in [4.78, 5) is 38.1. The minimum atomic E-state index is -0.627. The van der Waals surface area contributed by atoms with Crippen LogP contribution in [0.3, 0.4) is 0 Å². The molecule has 1 atom stereocenters. The van der Waals surface area contributed by atoms with Gasteiger partial charge in [0.25, 0.3) is 11.6 Å². The lowest BCUT2D eigenvalue weighted by Crippen LogP contribution is -2.43. The van der Waals surface area contributed by atoms with Crippen LogP contribution in [0.5, 0.6) is 0 Å². The number of nitro benzene ring substituents is 1. The summed E-state index contributed by atoms with van der Waals surface area (Å²) in [5.74, 6) is -0.0467. The van der Waals surface area contributed by atoms with Crippen molar-refractivity contribution in [1.29, 1.82) is 0 Å². The smallest absolute Gasteiger partial charge is 0.272 e. The Labute approximate surface area is 183 Å². The van der Waals surface area contributed by atoms with E-state index in [1.54, 1.807) is 32.2 Å². The maximum atomic E-state index is 13.0. The first kappa shape index (κ1) is 21.1. The number of hydrogen-bond donors (Lipinski definition) is 1. The quantitative estimate of drug-likeness (QED) is 0.480. The number of hydrogen-bond acceptors (Lipinski definition) is 7. The van der Waals surface area contributed by atoms with E-state index >= 15 is 0 Å². The van der Waals surface area contributed by atoms with E-state index in [-0.39, 0.29) is 17.5 Å². The van der Waals surface area contributed by atoms with Crippen LogP contribution < -0.4 is 5.32 Å². The lowest BCUT2D eigenvalue weighted by molar-refractivity contribution is -0.385. The van der Waals surface area contributed by atoms with Crippen LogP contribution in [-0.4, -0.2) is 54.4 Å². The number of nitro groups is 1. The van der Waals surface area contributed by atoms with Gasteiger partial charge in [-0.15, -0.1) is 5.10 Å². The van der Waals surface area contributed by atoms with E-state index in [2.05, 4.69) is 20.8 Å². The molecule has 164 valence electrons. The molecule has 0 spiro atoms. The van der Waals surface area contributed by atoms with Gasteiger partial charge in [0.05, 0.1) is 4.92 Å². The lowest BCUT2D eigenvalue weighted by atomic mass is 10.1. The number of likely N-dealkylation sites (tertiary alicyclic amines) is 1. The Kier molecular flexibility index (Phi) is 5.63. The van der Waals surface area contributed by atoms with Gasteiger partial charge in [0, 0.05) is 42.0 Å². The fourth-order valence-corrected chi connectivity index (χ4v) is 3.88. The monoisotopic (exact) mass is 435 g/mol. The van der Waals surface area contributed by atoms with E-state index in [1.165, 1.54) is 27.8 Å². The molecule has 32 heavy (non-hydrogen) atoms. The predicted molar refractivity (Wildman–Crippen MR) is 115 cm³/mol. The Morgan fingerprint density at radius 3 is 2.72 bits per heavy atom. The summed E-state index contributed by atoms with van der Waals surface area (Å²) in [5, 5.41) is 25.3. The molecule has 0 aliphatic carbocycles. The van der Waals surface area contributed by atoms with Gasteiger partial charge in [-0.05, 0) is 54.5 Å². The summed E-state index contributed by atoms with van der Waals surface area (Å²) in [6.07, 6.45) is 1.23. The van der Waals surface area contributed by atoms with Crippen LogP contribution in [0.25, 0.3) is 11.4 Å². The van der Waals surface area contributed by atoms with Crippen molar-refractivity contribution in [1.82, 2.24) is 25.1 Å². The number of aromatic nitrogens is 4. The van der Waals surface area contributed by atoms with E-state index < -0.39 is 11.0 Å². The molecule has 1 aliphatic heterocycles. The highest BCUT2D eigenvalue weighted by atomic mass is 16.6. The van der Waals surface area contributed by atoms with Crippen LogP contribution in [-0.2, 0) is 11.8 Å². The number of aryl methyl sites for hydroxylation is 2. The first-order chi connectivity index (χ1) is 15.3. The Morgan fingerprint density at radius 2 is 2.03 bits per heavy atom. The van der Waals surface area contributed by atoms with Gasteiger partial charge in [0.15, 0.2) is 5.82 Å². The number of anilines is 1. The van der Waals surface area contributed by atoms with E-state index in [0.717, 1.165) is 5.56 Å². The van der Waals surface area contributed by atoms with Crippen molar-refractivity contribution >= 4 is 23.2 Å². The van der Waals surface area contributed by atoms with Crippen molar-refractivity contribution in [2.45, 2.75) is 25.8 Å². The lowest BCUT2D eigenvalue weighted by Gasteiger charge is -2.24. The first-order valence-electron chi connectivity index (χ1n) is 10.0. The molecule has 1 fully saturated rings. The number of nitrogens with zero attached hydrogens (tertiary/aromatic N) is 6. The fourth-order valence-electron chi connectivity index (χ4n) is 3.88. The largest absolute Gasteiger partial charge is 0.327 e. The van der Waals surface area contributed by atoms with Crippen molar-refractivity contribution in [3.8, 4) is 11.4 Å². The van der Waals surface area contributed by atoms with Gasteiger partial charge in [-0.2, -0.15) is 0 Å². The third kappa shape index (κ3) is 4.04. The average molecular weight is 435 g/mol. The molecule has 2 amide bonds. The van der Waals surface area contributed by atoms with Crippen LogP contribution in [0.1, 0.15) is 28.8 Å². The number of rotatable bonds is 5. The Morgan fingerprint density at radius 1 is 1.22 bits per heavy atom. The van der Waals surface area contributed by atoms with Gasteiger partial charge < -0.3 is 10.2 Å². The zero-order valence-electron chi connectivity index (χ0n) is 17.6. The molecule has 3 aromatic rings. The maximum Gasteiger partial charge on any atom is 0.272 e. The summed E-state index contributed by atoms with van der Waals surface area (Å²) < 4.78 is 1.53. The zero-order chi connectivity index (χ0) is 22.8. The zero-order valence-corrected chi connectivity index (χ0v) is 17.6. The molecule has 0 saturated carbocycles. The van der Waals surface area contributed by atoms with Crippen molar-refractivity contribution < 1.29 is 14.5 Å². The van der Waals surface area contributed by atoms with E-state index in [4.69, 9.17) is 0 Å². The van der Waals surface area contributed by atoms with Gasteiger partial charge in [0.1, 0.15) is 6.04 Å². The van der Waals surface area contributed by atoms with Gasteiger partial charge in [-0.1, -0.05) is 12.1 Å². The van der Waals surface area contributed by atoms with E-state index in [1.807, 2.05) is 6.07 Å². The van der Waals surface area contributed by atoms with Crippen molar-refractivity contribution in [3.63, 3.8) is 0 Å². The number of carbonyl (C=O) groups excluding carboxylic acids is 2. The van der Waals surface area contributed by atoms with Crippen LogP contribution in [0.4, 0.5) is 11.4 Å². The minimum Gasteiger partial charge on any atom is -0.327 e. The van der Waals surface area contributed by atoms with Crippen molar-refractivity contribution in [2.24, 2.45) is 7.05 Å². The predicted octanol–water partition coefficient (Wildman–Crippen LogP) is 2.34. The summed E-state index contributed by atoms with van der Waals surface area (Å²) in [5.41, 5.74) is 1.99. The second-order valence-electron chi connectivity index (χ2n) is 7.61. The summed E-state index contributed by atoms with van der Waals surface area (Å²) in [6.45, 7) is 2.03. The normalized spacial score (nSPS) is 15.6. The summed E-state index contributed by atoms with van der Waals surface area (Å²) in [6, 6.07) is 10.8. The van der Waals surface area contributed by atoms with Crippen LogP contribution in [0.2, 0.25) is 0 Å². The molecule has 1 N–H and O–H groups in total. The Bertz CT molecular complexity index is 1210. The number of benzene rings is 2. The van der Waals surface area contributed by atoms with E-state index in [9.17, 15) is 19.7 Å². The second-order valence-corrected chi connectivity index (χ2v) is 7.61. The highest BCUT2D eigenvalue weighted by Crippen LogP contribution is 2.25. The summed E-state index contributed by atoms with van der Waals surface area (Å²) >= 11 is 0. The first-order valence-corrected chi connectivity index (χ1v) is 10.0. The molecule has 2 heterocycles. The Balaban J connectivity index is 1.51. The van der Waals surface area contributed by atoms with Gasteiger partial charge in [0.2, 0.25) is 5.91 Å². The third-order valence-electron chi connectivity index (χ3n) is 5.47. The topological polar surface area (TPSA) is 136 Å². The number of amides is 2. The van der Waals surface area contributed by atoms with Crippen molar-refractivity contribution in [3.05, 3.63) is 63.7 Å². The van der Waals surface area contributed by atoms with Crippen LogP contribution in [0, 0.1) is 17.0 Å². The second kappa shape index (κ2) is 8.53. The molecule has 2 aromatic carbocycles. The third-order valence-corrected chi connectivity index (χ3v) is 5.47. The number of nitrogens with one attached hydrogen (secondary N) is 1. The number of carbonyl (C=O) groups is 2. The van der Waals surface area contributed by atoms with Crippen LogP contribution in [0.15, 0.2) is 42.5 Å². The van der Waals surface area contributed by atoms with E-state index in [0.29, 0.717) is 42.0 Å². The molecule has 1 aromatic heterocycles. The van der Waals surface area contributed by atoms with Gasteiger partial charge >= 0.3 is 0 Å². The van der Waals surface area contributed by atoms with Gasteiger partial charge in [-0.25, -0.2) is 4.68 Å². The molecule has 1 aliphatic rings. The Hall–Kier alpha value is -4.15. The molecule has 1 unspecified atom stereocenters. The minimum absolute atomic E-state index is 0.0461. The molecule has 11 heteroatoms. The standard InChI is InChI=1S/C21H21N7O4/c1-13-11-15(8-9-17(13)28(31)32)21(30)27-10-4-7-18(27)20(29)22-16-6-3-5-14(12-16)19-23-24-25-26(19)2/h3,5-6,8-9,11-12,18H,4,7,10H2,1-2H3,(H,22,29). The number of tetrazole rings is 1. The molecule has 1 saturated heterocycles. The van der Waals surface area contributed by atoms with Gasteiger partial charge in [-0.3, -0.25) is 19.7 Å². The SMILES string of the molecule is Cc1cc(C(=O)N2CCCC2C(=O)Nc2cccc(-c3nnnn3C)c2)ccc1[N+](=O)[O-]. The van der Waals surface area contributed by atoms with Crippen molar-refractivity contribution in [2.75, 3.05) is 11.9 Å². The fraction of sp³-hybridized carbons (Fsp3) is 0.286. The molecule has 4 rings (SSSR count). The van der Waals surface area contributed by atoms with Crippen LogP contribution >= 0.6 is 0 Å². The maximum absolute atomic E-state index is 13.0. The summed E-state index contributed by atoms with van der Waals surface area (Å²) in [7, 11) is 1.72. The molecular formula is C21H21N7O4. The molecule has 11 nitrogen and oxygen atoms in total.